The maximum absolute atomic E-state index is 13.1. The summed E-state index contributed by atoms with van der Waals surface area (Å²) in [4.78, 5) is 46.5. The SMILES string of the molecule is Cn1c(=O)n(Cc2ccc(Cl)cc2)c(=O)c2cc(C(=O)NCc3ccnc(N)c3)ncc21. The number of hydrogen-bond donors (Lipinski definition) is 2. The quantitative estimate of drug-likeness (QED) is 0.476. The number of halogens is 1. The number of benzene rings is 1. The topological polar surface area (TPSA) is 125 Å². The average molecular weight is 451 g/mol. The van der Waals surface area contributed by atoms with E-state index in [4.69, 9.17) is 17.3 Å². The van der Waals surface area contributed by atoms with Gasteiger partial charge in [-0.05, 0) is 41.5 Å². The van der Waals surface area contributed by atoms with Crippen LogP contribution in [0.3, 0.4) is 0 Å². The summed E-state index contributed by atoms with van der Waals surface area (Å²) in [7, 11) is 1.55. The van der Waals surface area contributed by atoms with E-state index in [1.165, 1.54) is 16.8 Å². The van der Waals surface area contributed by atoms with Crippen molar-refractivity contribution in [3.05, 3.63) is 97.5 Å². The summed E-state index contributed by atoms with van der Waals surface area (Å²) < 4.78 is 2.45. The zero-order valence-corrected chi connectivity index (χ0v) is 17.8. The Labute approximate surface area is 187 Å². The van der Waals surface area contributed by atoms with Gasteiger partial charge in [0.2, 0.25) is 0 Å². The van der Waals surface area contributed by atoms with E-state index in [1.54, 1.807) is 49.6 Å². The highest BCUT2D eigenvalue weighted by atomic mass is 35.5. The Hall–Kier alpha value is -3.98. The smallest absolute Gasteiger partial charge is 0.331 e. The van der Waals surface area contributed by atoms with Gasteiger partial charge in [0.15, 0.2) is 0 Å². The molecule has 0 aliphatic heterocycles. The molecule has 10 heteroatoms. The summed E-state index contributed by atoms with van der Waals surface area (Å²) in [6, 6.07) is 11.7. The highest BCUT2D eigenvalue weighted by Gasteiger charge is 2.15. The number of hydrogen-bond acceptors (Lipinski definition) is 6. The van der Waals surface area contributed by atoms with Crippen molar-refractivity contribution in [1.82, 2.24) is 24.4 Å². The summed E-state index contributed by atoms with van der Waals surface area (Å²) in [5, 5.41) is 3.51. The van der Waals surface area contributed by atoms with Gasteiger partial charge >= 0.3 is 5.69 Å². The molecule has 0 radical (unpaired) electrons. The van der Waals surface area contributed by atoms with E-state index >= 15 is 0 Å². The molecule has 1 amide bonds. The second kappa shape index (κ2) is 8.64. The molecule has 162 valence electrons. The first-order valence-corrected chi connectivity index (χ1v) is 10.0. The van der Waals surface area contributed by atoms with Crippen molar-refractivity contribution < 1.29 is 4.79 Å². The van der Waals surface area contributed by atoms with E-state index in [-0.39, 0.29) is 24.2 Å². The minimum absolute atomic E-state index is 0.0633. The lowest BCUT2D eigenvalue weighted by Crippen LogP contribution is -2.39. The summed E-state index contributed by atoms with van der Waals surface area (Å²) in [5.41, 5.74) is 6.59. The van der Waals surface area contributed by atoms with Crippen molar-refractivity contribution in [3.63, 3.8) is 0 Å². The first kappa shape index (κ1) is 21.3. The fourth-order valence-electron chi connectivity index (χ4n) is 3.32. The van der Waals surface area contributed by atoms with E-state index in [1.807, 2.05) is 0 Å². The van der Waals surface area contributed by atoms with Crippen molar-refractivity contribution in [2.45, 2.75) is 13.1 Å². The number of anilines is 1. The minimum Gasteiger partial charge on any atom is -0.384 e. The van der Waals surface area contributed by atoms with Gasteiger partial charge in [-0.3, -0.25) is 18.7 Å². The maximum atomic E-state index is 13.1. The lowest BCUT2D eigenvalue weighted by Gasteiger charge is -2.12. The zero-order valence-electron chi connectivity index (χ0n) is 17.1. The molecular formula is C22H19ClN6O3. The molecule has 3 N–H and O–H groups in total. The number of aryl methyl sites for hydroxylation is 1. The molecule has 4 aromatic rings. The third-order valence-electron chi connectivity index (χ3n) is 5.02. The lowest BCUT2D eigenvalue weighted by molar-refractivity contribution is 0.0946. The molecule has 0 saturated carbocycles. The number of carbonyl (C=O) groups excluding carboxylic acids is 1. The van der Waals surface area contributed by atoms with Gasteiger partial charge in [0.25, 0.3) is 11.5 Å². The average Bonchev–Trinajstić information content (AvgIpc) is 2.79. The number of amides is 1. The molecule has 0 unspecified atom stereocenters. The van der Waals surface area contributed by atoms with Crippen molar-refractivity contribution in [2.75, 3.05) is 5.73 Å². The molecule has 0 fully saturated rings. The van der Waals surface area contributed by atoms with Crippen LogP contribution in [0.25, 0.3) is 10.9 Å². The molecule has 4 rings (SSSR count). The number of carbonyl (C=O) groups is 1. The number of nitrogens with one attached hydrogen (secondary N) is 1. The number of fused-ring (bicyclic) bond motifs is 1. The summed E-state index contributed by atoms with van der Waals surface area (Å²) in [6.07, 6.45) is 2.90. The maximum Gasteiger partial charge on any atom is 0.331 e. The molecule has 0 aliphatic carbocycles. The fraction of sp³-hybridized carbons (Fsp3) is 0.136. The predicted molar refractivity (Wildman–Crippen MR) is 122 cm³/mol. The van der Waals surface area contributed by atoms with Crippen LogP contribution in [0.4, 0.5) is 5.82 Å². The number of pyridine rings is 2. The standard InChI is InChI=1S/C22H19ClN6O3/c1-28-18-11-26-17(20(30)27-10-14-6-7-25-19(24)8-14)9-16(18)21(31)29(22(28)32)12-13-2-4-15(23)5-3-13/h2-9,11H,10,12H2,1H3,(H2,24,25)(H,27,30). The third-order valence-corrected chi connectivity index (χ3v) is 5.27. The van der Waals surface area contributed by atoms with Gasteiger partial charge < -0.3 is 11.1 Å². The van der Waals surface area contributed by atoms with Crippen LogP contribution in [0.5, 0.6) is 0 Å². The van der Waals surface area contributed by atoms with Crippen LogP contribution in [-0.2, 0) is 20.1 Å². The van der Waals surface area contributed by atoms with Gasteiger partial charge in [0.1, 0.15) is 11.5 Å². The normalized spacial score (nSPS) is 10.9. The molecular weight excluding hydrogens is 432 g/mol. The van der Waals surface area contributed by atoms with Crippen LogP contribution in [-0.4, -0.2) is 25.0 Å². The number of nitrogens with two attached hydrogens (primary N) is 1. The summed E-state index contributed by atoms with van der Waals surface area (Å²) in [6.45, 7) is 0.297. The number of nitrogens with zero attached hydrogens (tertiary/aromatic N) is 4. The molecule has 1 aromatic carbocycles. The third kappa shape index (κ3) is 4.23. The van der Waals surface area contributed by atoms with Crippen molar-refractivity contribution >= 4 is 34.2 Å². The van der Waals surface area contributed by atoms with E-state index in [9.17, 15) is 14.4 Å². The van der Waals surface area contributed by atoms with Gasteiger partial charge in [-0.2, -0.15) is 0 Å². The second-order valence-corrected chi connectivity index (χ2v) is 7.65. The second-order valence-electron chi connectivity index (χ2n) is 7.22. The first-order valence-electron chi connectivity index (χ1n) is 9.66. The Morgan fingerprint density at radius 2 is 1.84 bits per heavy atom. The Morgan fingerprint density at radius 3 is 2.56 bits per heavy atom. The monoisotopic (exact) mass is 450 g/mol. The molecule has 0 atom stereocenters. The molecule has 0 saturated heterocycles. The van der Waals surface area contributed by atoms with E-state index in [0.29, 0.717) is 16.4 Å². The number of aromatic nitrogens is 4. The van der Waals surface area contributed by atoms with Gasteiger partial charge in [0, 0.05) is 24.8 Å². The first-order chi connectivity index (χ1) is 15.3. The predicted octanol–water partition coefficient (Wildman–Crippen LogP) is 1.70. The Kier molecular flexibility index (Phi) is 5.74. The summed E-state index contributed by atoms with van der Waals surface area (Å²) in [5.74, 6) is -0.109. The van der Waals surface area contributed by atoms with E-state index in [0.717, 1.165) is 15.7 Å². The number of nitrogen functional groups attached to an aromatic ring is 1. The van der Waals surface area contributed by atoms with Gasteiger partial charge in [-0.15, -0.1) is 0 Å². The van der Waals surface area contributed by atoms with Crippen LogP contribution < -0.4 is 22.3 Å². The summed E-state index contributed by atoms with van der Waals surface area (Å²) >= 11 is 5.91. The Morgan fingerprint density at radius 1 is 1.09 bits per heavy atom. The fourth-order valence-corrected chi connectivity index (χ4v) is 3.44. The van der Waals surface area contributed by atoms with Crippen LogP contribution in [0.2, 0.25) is 5.02 Å². The van der Waals surface area contributed by atoms with Crippen LogP contribution >= 0.6 is 11.6 Å². The highest BCUT2D eigenvalue weighted by molar-refractivity contribution is 6.30. The van der Waals surface area contributed by atoms with Crippen LogP contribution in [0, 0.1) is 0 Å². The minimum atomic E-state index is -0.503. The van der Waals surface area contributed by atoms with E-state index < -0.39 is 17.2 Å². The van der Waals surface area contributed by atoms with Crippen LogP contribution in [0.15, 0.2) is 64.4 Å². The lowest BCUT2D eigenvalue weighted by atomic mass is 10.2. The van der Waals surface area contributed by atoms with Gasteiger partial charge in [0.05, 0.1) is 23.6 Å². The molecule has 0 bridgehead atoms. The van der Waals surface area contributed by atoms with Crippen molar-refractivity contribution in [1.29, 1.82) is 0 Å². The molecule has 3 heterocycles. The highest BCUT2D eigenvalue weighted by Crippen LogP contribution is 2.12. The number of rotatable bonds is 5. The molecule has 32 heavy (non-hydrogen) atoms. The molecule has 0 spiro atoms. The van der Waals surface area contributed by atoms with Gasteiger partial charge in [-0.25, -0.2) is 14.8 Å². The molecule has 9 nitrogen and oxygen atoms in total. The molecule has 0 aliphatic rings. The van der Waals surface area contributed by atoms with Crippen LogP contribution in [0.1, 0.15) is 21.6 Å². The largest absolute Gasteiger partial charge is 0.384 e. The van der Waals surface area contributed by atoms with Crippen molar-refractivity contribution in [3.8, 4) is 0 Å². The molecule has 3 aromatic heterocycles. The Bertz CT molecular complexity index is 1440. The van der Waals surface area contributed by atoms with E-state index in [2.05, 4.69) is 15.3 Å². The van der Waals surface area contributed by atoms with Crippen molar-refractivity contribution in [2.24, 2.45) is 7.05 Å². The zero-order chi connectivity index (χ0) is 22.8. The van der Waals surface area contributed by atoms with Gasteiger partial charge in [-0.1, -0.05) is 23.7 Å². The Balaban J connectivity index is 1.67.